The lowest BCUT2D eigenvalue weighted by Crippen LogP contribution is -2.68. The highest BCUT2D eigenvalue weighted by Gasteiger charge is 2.53. The van der Waals surface area contributed by atoms with Crippen LogP contribution in [0.5, 0.6) is 0 Å². The molecule has 0 spiro atoms. The fraction of sp³-hybridized carbons (Fsp3) is 0.929. The maximum absolute atomic E-state index is 12.2. The van der Waals surface area contributed by atoms with Crippen molar-refractivity contribution in [2.45, 2.75) is 137 Å². The first-order chi connectivity index (χ1) is 23.5. The van der Waals surface area contributed by atoms with Crippen molar-refractivity contribution in [3.63, 3.8) is 0 Å². The Morgan fingerprint density at radius 3 is 1.86 bits per heavy atom. The molecule has 0 saturated carbocycles. The van der Waals surface area contributed by atoms with Gasteiger partial charge in [0.1, 0.15) is 85.4 Å². The molecule has 0 aromatic heterocycles. The number of hydrogen-bond acceptors (Lipinski definition) is 20. The molecule has 292 valence electrons. The minimum Gasteiger partial charge on any atom is -0.394 e. The van der Waals surface area contributed by atoms with E-state index < -0.39 is 155 Å². The van der Waals surface area contributed by atoms with E-state index in [9.17, 15) is 70.9 Å². The van der Waals surface area contributed by atoms with Crippen LogP contribution in [0.4, 0.5) is 0 Å². The maximum atomic E-state index is 12.2. The van der Waals surface area contributed by atoms with Crippen molar-refractivity contribution in [2.75, 3.05) is 26.4 Å². The molecule has 3 heterocycles. The third-order valence-electron chi connectivity index (χ3n) is 8.61. The van der Waals surface area contributed by atoms with Gasteiger partial charge in [-0.1, -0.05) is 0 Å². The number of aliphatic hydroxyl groups is 12. The highest BCUT2D eigenvalue weighted by Crippen LogP contribution is 2.31. The lowest BCUT2D eigenvalue weighted by Gasteiger charge is -2.48. The fourth-order valence-electron chi connectivity index (χ4n) is 5.80. The zero-order chi connectivity index (χ0) is 37.6. The molecule has 3 saturated heterocycles. The Morgan fingerprint density at radius 2 is 1.30 bits per heavy atom. The molecule has 0 aromatic rings. The molecule has 50 heavy (non-hydrogen) atoms. The van der Waals surface area contributed by atoms with Gasteiger partial charge in [0.15, 0.2) is 18.9 Å². The molecule has 3 aliphatic rings. The van der Waals surface area contributed by atoms with E-state index in [1.165, 1.54) is 6.92 Å². The third kappa shape index (κ3) is 10.00. The van der Waals surface area contributed by atoms with Crippen LogP contribution in [0.25, 0.3) is 0 Å². The predicted octanol–water partition coefficient (Wildman–Crippen LogP) is -8.80. The van der Waals surface area contributed by atoms with Gasteiger partial charge in [-0.3, -0.25) is 9.59 Å². The summed E-state index contributed by atoms with van der Waals surface area (Å²) in [6.07, 6.45) is -29.2. The van der Waals surface area contributed by atoms with Gasteiger partial charge < -0.3 is 100 Å². The van der Waals surface area contributed by atoms with Gasteiger partial charge in [0.2, 0.25) is 11.8 Å². The normalized spacial score (nSPS) is 41.9. The van der Waals surface area contributed by atoms with Gasteiger partial charge >= 0.3 is 0 Å². The van der Waals surface area contributed by atoms with Gasteiger partial charge in [-0.25, -0.2) is 0 Å². The molecule has 0 bridgehead atoms. The molecule has 22 nitrogen and oxygen atoms in total. The number of aliphatic hydroxyl groups excluding tert-OH is 12. The first-order valence-electron chi connectivity index (χ1n) is 15.8. The Morgan fingerprint density at radius 1 is 0.720 bits per heavy atom. The Balaban J connectivity index is 1.89. The van der Waals surface area contributed by atoms with Crippen LogP contribution in [0.1, 0.15) is 20.8 Å². The van der Waals surface area contributed by atoms with Crippen LogP contribution >= 0.6 is 0 Å². The Hall–Kier alpha value is -1.78. The highest BCUT2D eigenvalue weighted by atomic mass is 16.7. The topological polar surface area (TPSA) is 356 Å². The lowest BCUT2D eigenvalue weighted by molar-refractivity contribution is -0.355. The van der Waals surface area contributed by atoms with Gasteiger partial charge in [0.05, 0.1) is 38.6 Å². The van der Waals surface area contributed by atoms with Gasteiger partial charge in [0.25, 0.3) is 0 Å². The highest BCUT2D eigenvalue weighted by molar-refractivity contribution is 5.73. The first kappa shape index (κ1) is 42.6. The molecule has 3 aliphatic heterocycles. The minimum atomic E-state index is -1.99. The molecular formula is C28H50N2O20. The quantitative estimate of drug-likeness (QED) is 0.0742. The number of carbonyl (C=O) groups excluding carboxylic acids is 2. The molecule has 2 amide bonds. The summed E-state index contributed by atoms with van der Waals surface area (Å²) < 4.78 is 33.4. The van der Waals surface area contributed by atoms with Crippen LogP contribution < -0.4 is 10.6 Å². The molecule has 14 N–H and O–H groups in total. The van der Waals surface area contributed by atoms with Crippen LogP contribution in [-0.2, 0) is 38.0 Å². The van der Waals surface area contributed by atoms with Crippen molar-refractivity contribution in [1.29, 1.82) is 0 Å². The molecule has 3 rings (SSSR count). The Labute approximate surface area is 285 Å². The summed E-state index contributed by atoms with van der Waals surface area (Å²) in [5, 5.41) is 129. The van der Waals surface area contributed by atoms with E-state index in [1.807, 2.05) is 0 Å². The average Bonchev–Trinajstić information content (AvgIpc) is 3.07. The summed E-state index contributed by atoms with van der Waals surface area (Å²) in [7, 11) is 0. The van der Waals surface area contributed by atoms with Crippen molar-refractivity contribution in [2.24, 2.45) is 0 Å². The van der Waals surface area contributed by atoms with E-state index >= 15 is 0 Å². The van der Waals surface area contributed by atoms with Crippen LogP contribution in [0, 0.1) is 0 Å². The Bertz CT molecular complexity index is 1080. The summed E-state index contributed by atoms with van der Waals surface area (Å²) in [5.41, 5.74) is 0. The number of carbonyl (C=O) groups is 2. The molecule has 3 unspecified atom stereocenters. The number of ether oxygens (including phenoxy) is 6. The van der Waals surface area contributed by atoms with E-state index in [4.69, 9.17) is 28.4 Å². The first-order valence-corrected chi connectivity index (χ1v) is 15.8. The summed E-state index contributed by atoms with van der Waals surface area (Å²) in [6.45, 7) is 0.0356. The zero-order valence-electron chi connectivity index (χ0n) is 27.4. The van der Waals surface area contributed by atoms with Gasteiger partial charge in [-0.2, -0.15) is 0 Å². The number of rotatable bonds is 15. The largest absolute Gasteiger partial charge is 0.394 e. The second-order valence-electron chi connectivity index (χ2n) is 12.4. The van der Waals surface area contributed by atoms with Gasteiger partial charge in [-0.05, 0) is 6.92 Å². The SMILES string of the molecule is CC(=O)N[C@@H](CO)[C@@H](O)[C@H](OC1O[C@H](CO)[C@@H](OC2O[C@H](CO)[C@@H](O)[C@H](O)[C@@H]2O)[C@H](O)[C@H]1NC(C)=O)[C@H](O)COC1O[C@@H](C)[C@@H](O)[C@@H](O)[C@@H]1O. The van der Waals surface area contributed by atoms with E-state index in [1.54, 1.807) is 0 Å². The molecule has 19 atom stereocenters. The molecular weight excluding hydrogens is 684 g/mol. The standard InChI is InChI=1S/C28H50N2O20/c1-8-16(37)20(41)22(43)27(46-8)45-7-12(36)24(17(38)11(4-31)29-9(2)34)49-26-15(30-10(3)35)19(40)25(14(6-33)48-26)50-28-23(44)21(42)18(39)13(5-32)47-28/h8,11-28,31-33,36-44H,4-7H2,1-3H3,(H,29,34)(H,30,35)/t8-,11-,12+,13+,14+,15+,16+,17+,18+,19+,20+,21-,22-,23-,24+,25+,26?,27?,28?/m0/s1. The number of amides is 2. The lowest BCUT2D eigenvalue weighted by atomic mass is 9.95. The van der Waals surface area contributed by atoms with Crippen molar-refractivity contribution >= 4 is 11.8 Å². The molecule has 0 aromatic carbocycles. The number of hydrogen-bond donors (Lipinski definition) is 14. The summed E-state index contributed by atoms with van der Waals surface area (Å²) in [5.74, 6) is -1.48. The predicted molar refractivity (Wildman–Crippen MR) is 158 cm³/mol. The van der Waals surface area contributed by atoms with Crippen LogP contribution in [0.15, 0.2) is 0 Å². The number of nitrogens with one attached hydrogen (secondary N) is 2. The zero-order valence-corrected chi connectivity index (χ0v) is 27.4. The molecule has 0 aliphatic carbocycles. The smallest absolute Gasteiger partial charge is 0.217 e. The monoisotopic (exact) mass is 734 g/mol. The fourth-order valence-corrected chi connectivity index (χ4v) is 5.80. The van der Waals surface area contributed by atoms with Crippen LogP contribution in [-0.4, -0.2) is 216 Å². The summed E-state index contributed by atoms with van der Waals surface area (Å²) >= 11 is 0. The van der Waals surface area contributed by atoms with Crippen LogP contribution in [0.2, 0.25) is 0 Å². The second-order valence-corrected chi connectivity index (χ2v) is 12.4. The van der Waals surface area contributed by atoms with Crippen molar-refractivity contribution < 1.29 is 99.3 Å². The van der Waals surface area contributed by atoms with E-state index in [-0.39, 0.29) is 0 Å². The van der Waals surface area contributed by atoms with Crippen molar-refractivity contribution in [3.05, 3.63) is 0 Å². The van der Waals surface area contributed by atoms with Gasteiger partial charge in [-0.15, -0.1) is 0 Å². The third-order valence-corrected chi connectivity index (χ3v) is 8.61. The summed E-state index contributed by atoms with van der Waals surface area (Å²) in [4.78, 5) is 24.0. The van der Waals surface area contributed by atoms with E-state index in [2.05, 4.69) is 10.6 Å². The molecule has 0 radical (unpaired) electrons. The molecule has 3 fully saturated rings. The maximum Gasteiger partial charge on any atom is 0.217 e. The van der Waals surface area contributed by atoms with Gasteiger partial charge in [0, 0.05) is 13.8 Å². The van der Waals surface area contributed by atoms with Crippen LogP contribution in [0.3, 0.4) is 0 Å². The van der Waals surface area contributed by atoms with Crippen molar-refractivity contribution in [1.82, 2.24) is 10.6 Å². The second kappa shape index (κ2) is 18.8. The van der Waals surface area contributed by atoms with E-state index in [0.717, 1.165) is 13.8 Å². The average molecular weight is 735 g/mol. The minimum absolute atomic E-state index is 0.707. The van der Waals surface area contributed by atoms with E-state index in [0.29, 0.717) is 0 Å². The van der Waals surface area contributed by atoms with Crippen molar-refractivity contribution in [3.8, 4) is 0 Å². The summed E-state index contributed by atoms with van der Waals surface area (Å²) in [6, 6.07) is -3.15. The Kier molecular flexibility index (Phi) is 16.0. The molecule has 22 heteroatoms.